The van der Waals surface area contributed by atoms with Gasteiger partial charge in [-0.3, -0.25) is 0 Å². The number of fused-ring (bicyclic) bond motifs is 6. The van der Waals surface area contributed by atoms with Gasteiger partial charge in [0, 0.05) is 27.7 Å². The number of aryl methyl sites for hydroxylation is 1. The molecular formula is C55H38N2. The van der Waals surface area contributed by atoms with E-state index in [1.54, 1.807) is 0 Å². The van der Waals surface area contributed by atoms with E-state index in [1.807, 2.05) is 0 Å². The smallest absolute Gasteiger partial charge is 0.160 e. The normalized spacial score (nSPS) is 13.8. The highest BCUT2D eigenvalue weighted by atomic mass is 14.9. The molecule has 0 bridgehead atoms. The van der Waals surface area contributed by atoms with Gasteiger partial charge in [0.25, 0.3) is 0 Å². The molecule has 10 aromatic rings. The van der Waals surface area contributed by atoms with Gasteiger partial charge in [-0.05, 0) is 101 Å². The number of rotatable bonds is 4. The van der Waals surface area contributed by atoms with Gasteiger partial charge in [-0.15, -0.1) is 0 Å². The highest BCUT2D eigenvalue weighted by molar-refractivity contribution is 6.25. The van der Waals surface area contributed by atoms with Crippen molar-refractivity contribution in [2.24, 2.45) is 0 Å². The van der Waals surface area contributed by atoms with E-state index in [-0.39, 0.29) is 5.41 Å². The number of benzene rings is 9. The van der Waals surface area contributed by atoms with Crippen LogP contribution in [0.15, 0.2) is 170 Å². The summed E-state index contributed by atoms with van der Waals surface area (Å²) in [6, 6.07) is 62.7. The molecule has 2 heteroatoms. The Morgan fingerprint density at radius 1 is 0.404 bits per heavy atom. The first-order chi connectivity index (χ1) is 28.0. The summed E-state index contributed by atoms with van der Waals surface area (Å²) in [7, 11) is 0. The van der Waals surface area contributed by atoms with Gasteiger partial charge >= 0.3 is 0 Å². The molecular weight excluding hydrogens is 689 g/mol. The van der Waals surface area contributed by atoms with Crippen molar-refractivity contribution in [1.29, 1.82) is 0 Å². The van der Waals surface area contributed by atoms with Crippen LogP contribution in [0.3, 0.4) is 0 Å². The number of hydrogen-bond donors (Lipinski definition) is 0. The van der Waals surface area contributed by atoms with Crippen molar-refractivity contribution in [1.82, 2.24) is 9.97 Å². The van der Waals surface area contributed by atoms with E-state index >= 15 is 0 Å². The summed E-state index contributed by atoms with van der Waals surface area (Å²) >= 11 is 0. The average molecular weight is 727 g/mol. The van der Waals surface area contributed by atoms with Crippen molar-refractivity contribution in [3.63, 3.8) is 0 Å². The molecule has 12 rings (SSSR count). The number of hydrogen-bond acceptors (Lipinski definition) is 2. The second-order valence-electron chi connectivity index (χ2n) is 16.4. The molecule has 0 atom stereocenters. The molecule has 9 aromatic carbocycles. The first-order valence-corrected chi connectivity index (χ1v) is 20.1. The van der Waals surface area contributed by atoms with Crippen molar-refractivity contribution in [3.8, 4) is 67.3 Å². The molecule has 1 aromatic heterocycles. The summed E-state index contributed by atoms with van der Waals surface area (Å²) in [5, 5.41) is 7.81. The van der Waals surface area contributed by atoms with Crippen LogP contribution in [-0.4, -0.2) is 9.97 Å². The Kier molecular flexibility index (Phi) is 6.84. The van der Waals surface area contributed by atoms with Crippen molar-refractivity contribution in [3.05, 3.63) is 192 Å². The largest absolute Gasteiger partial charge is 0.228 e. The molecule has 2 aliphatic rings. The average Bonchev–Trinajstić information content (AvgIpc) is 3.50. The van der Waals surface area contributed by atoms with E-state index in [0.717, 1.165) is 41.2 Å². The topological polar surface area (TPSA) is 25.8 Å². The fourth-order valence-electron chi connectivity index (χ4n) is 10.0. The van der Waals surface area contributed by atoms with E-state index in [2.05, 4.69) is 184 Å². The molecule has 0 spiro atoms. The minimum atomic E-state index is -0.0330. The van der Waals surface area contributed by atoms with Gasteiger partial charge in [-0.2, -0.15) is 0 Å². The molecule has 0 N–H and O–H groups in total. The summed E-state index contributed by atoms with van der Waals surface area (Å²) in [5.41, 5.74) is 18.4. The number of nitrogens with zero attached hydrogens (tertiary/aromatic N) is 2. The zero-order chi connectivity index (χ0) is 37.8. The molecule has 0 fully saturated rings. The minimum absolute atomic E-state index is 0.0330. The highest BCUT2D eigenvalue weighted by Gasteiger charge is 2.35. The summed E-state index contributed by atoms with van der Waals surface area (Å²) < 4.78 is 0. The van der Waals surface area contributed by atoms with Crippen molar-refractivity contribution in [2.45, 2.75) is 32.1 Å². The van der Waals surface area contributed by atoms with E-state index in [4.69, 9.17) is 9.97 Å². The fraction of sp³-hybridized carbons (Fsp3) is 0.0909. The Hall–Kier alpha value is -6.90. The van der Waals surface area contributed by atoms with E-state index in [9.17, 15) is 0 Å². The maximum Gasteiger partial charge on any atom is 0.160 e. The molecule has 0 saturated heterocycles. The lowest BCUT2D eigenvalue weighted by atomic mass is 9.81. The first-order valence-electron chi connectivity index (χ1n) is 20.1. The van der Waals surface area contributed by atoms with Crippen LogP contribution in [0.1, 0.15) is 36.1 Å². The predicted octanol–water partition coefficient (Wildman–Crippen LogP) is 14.1. The molecule has 268 valence electrons. The van der Waals surface area contributed by atoms with E-state index < -0.39 is 0 Å². The Morgan fingerprint density at radius 2 is 1.00 bits per heavy atom. The summed E-state index contributed by atoms with van der Waals surface area (Å²) in [5.74, 6) is 0.756. The third-order valence-electron chi connectivity index (χ3n) is 13.0. The van der Waals surface area contributed by atoms with Crippen molar-refractivity contribution >= 4 is 32.3 Å². The predicted molar refractivity (Wildman–Crippen MR) is 238 cm³/mol. The highest BCUT2D eigenvalue weighted by Crippen LogP contribution is 2.50. The minimum Gasteiger partial charge on any atom is -0.228 e. The second-order valence-corrected chi connectivity index (χ2v) is 16.4. The molecule has 57 heavy (non-hydrogen) atoms. The van der Waals surface area contributed by atoms with Crippen LogP contribution < -0.4 is 0 Å². The van der Waals surface area contributed by atoms with Crippen LogP contribution in [-0.2, 0) is 18.3 Å². The summed E-state index contributed by atoms with van der Waals surface area (Å²) in [6.45, 7) is 4.69. The van der Waals surface area contributed by atoms with Crippen LogP contribution in [0, 0.1) is 0 Å². The Bertz CT molecular complexity index is 3230. The lowest BCUT2D eigenvalue weighted by Gasteiger charge is -2.23. The maximum absolute atomic E-state index is 5.39. The molecule has 2 aliphatic carbocycles. The third-order valence-corrected chi connectivity index (χ3v) is 13.0. The Balaban J connectivity index is 0.942. The van der Waals surface area contributed by atoms with Crippen LogP contribution >= 0.6 is 0 Å². The summed E-state index contributed by atoms with van der Waals surface area (Å²) in [6.07, 6.45) is 1.90. The lowest BCUT2D eigenvalue weighted by molar-refractivity contribution is 0.660. The van der Waals surface area contributed by atoms with Crippen LogP contribution in [0.5, 0.6) is 0 Å². The van der Waals surface area contributed by atoms with Gasteiger partial charge in [-0.25, -0.2) is 9.97 Å². The molecule has 0 aliphatic heterocycles. The van der Waals surface area contributed by atoms with E-state index in [1.165, 1.54) is 93.5 Å². The van der Waals surface area contributed by atoms with E-state index in [0.29, 0.717) is 0 Å². The number of aromatic nitrogens is 2. The summed E-state index contributed by atoms with van der Waals surface area (Å²) in [4.78, 5) is 10.7. The van der Waals surface area contributed by atoms with Gasteiger partial charge < -0.3 is 0 Å². The van der Waals surface area contributed by atoms with Gasteiger partial charge in [0.05, 0.1) is 11.4 Å². The molecule has 2 nitrogen and oxygen atoms in total. The lowest BCUT2D eigenvalue weighted by Crippen LogP contribution is -2.14. The van der Waals surface area contributed by atoms with Gasteiger partial charge in [0.1, 0.15) is 0 Å². The molecule has 0 unspecified atom stereocenters. The second kappa shape index (κ2) is 12.0. The van der Waals surface area contributed by atoms with Gasteiger partial charge in [0.15, 0.2) is 5.82 Å². The maximum atomic E-state index is 5.39. The zero-order valence-electron chi connectivity index (χ0n) is 32.0. The molecule has 1 heterocycles. The first kappa shape index (κ1) is 32.4. The van der Waals surface area contributed by atoms with Gasteiger partial charge in [-0.1, -0.05) is 178 Å². The van der Waals surface area contributed by atoms with Crippen LogP contribution in [0.25, 0.3) is 99.6 Å². The van der Waals surface area contributed by atoms with Crippen LogP contribution in [0.2, 0.25) is 0 Å². The Labute approximate surface area is 332 Å². The standard InChI is InChI=1S/C55H38N2/c1-55(2)48-13-6-5-12-44(48)45-29-27-41(32-49(45)55)33-14-20-39(21-15-33)52-47-31-24-34-8-3-4-11-43(34)53(47)57-54(56-52)40-22-16-35(17-23-40)42-28-25-38-19-18-36-9-7-10-37-26-30-46(42)51(38)50(36)37/h3-23,25-30,32H,24,31H2,1-2H3. The Morgan fingerprint density at radius 3 is 1.82 bits per heavy atom. The van der Waals surface area contributed by atoms with Gasteiger partial charge in [0.2, 0.25) is 0 Å². The quantitative estimate of drug-likeness (QED) is 0.169. The van der Waals surface area contributed by atoms with Crippen molar-refractivity contribution in [2.75, 3.05) is 0 Å². The monoisotopic (exact) mass is 726 g/mol. The third kappa shape index (κ3) is 4.83. The molecule has 0 radical (unpaired) electrons. The SMILES string of the molecule is CC1(C)c2ccccc2-c2ccc(-c3ccc(-c4nc(-c5ccc(-c6ccc7ccc8cccc9ccc6c7c89)cc5)nc5c4CCc4ccccc4-5)cc3)cc21. The molecule has 0 saturated carbocycles. The van der Waals surface area contributed by atoms with Crippen LogP contribution in [0.4, 0.5) is 0 Å². The van der Waals surface area contributed by atoms with Crippen molar-refractivity contribution < 1.29 is 0 Å². The molecule has 0 amide bonds. The fourth-order valence-corrected chi connectivity index (χ4v) is 10.0. The zero-order valence-corrected chi connectivity index (χ0v) is 32.0.